The number of nitrogens with one attached hydrogen (secondary N) is 1. The number of carbonyl (C=O) groups excluding carboxylic acids is 3. The summed E-state index contributed by atoms with van der Waals surface area (Å²) in [6, 6.07) is 7.73. The van der Waals surface area contributed by atoms with E-state index in [-0.39, 0.29) is 6.42 Å². The second-order valence-electron chi connectivity index (χ2n) is 6.77. The Kier molecular flexibility index (Phi) is 6.15. The van der Waals surface area contributed by atoms with Crippen LogP contribution in [0.25, 0.3) is 0 Å². The van der Waals surface area contributed by atoms with Crippen LogP contribution in [-0.4, -0.2) is 66.6 Å². The van der Waals surface area contributed by atoms with Crippen LogP contribution in [-0.2, 0) is 50.9 Å². The van der Waals surface area contributed by atoms with E-state index in [1.807, 2.05) is 0 Å². The Labute approximate surface area is 177 Å². The van der Waals surface area contributed by atoms with Gasteiger partial charge in [-0.25, -0.2) is 4.79 Å². The monoisotopic (exact) mass is 454 g/mol. The molecule has 0 spiro atoms. The minimum absolute atomic E-state index is 0.0155. The second-order valence-corrected chi connectivity index (χ2v) is 10.2. The first kappa shape index (κ1) is 22.2. The summed E-state index contributed by atoms with van der Waals surface area (Å²) in [7, 11) is -3.01. The largest absolute Gasteiger partial charge is 0.614 e. The molecule has 0 aromatic heterocycles. The lowest BCUT2D eigenvalue weighted by Gasteiger charge is -2.50. The number of amides is 2. The third-order valence-electron chi connectivity index (χ3n) is 4.62. The van der Waals surface area contributed by atoms with Crippen molar-refractivity contribution in [1.82, 2.24) is 10.2 Å². The summed E-state index contributed by atoms with van der Waals surface area (Å²) in [5, 5.41) is 0.470. The zero-order valence-corrected chi connectivity index (χ0v) is 18.0. The SMILES string of the molecule is BOC(=O)C1=C(OS(C)(=O)=O)[C@H](C)[S@+]([O-])[C@@H]2[C@H](NC(=O)Cc3ccccc3)C(=O)N12. The van der Waals surface area contributed by atoms with Crippen molar-refractivity contribution in [2.45, 2.75) is 30.0 Å². The summed E-state index contributed by atoms with van der Waals surface area (Å²) < 4.78 is 45.7. The molecule has 2 amide bonds. The van der Waals surface area contributed by atoms with Gasteiger partial charge in [-0.3, -0.25) is 14.5 Å². The van der Waals surface area contributed by atoms with Crippen LogP contribution in [0.1, 0.15) is 12.5 Å². The molecule has 2 heterocycles. The van der Waals surface area contributed by atoms with Crippen LogP contribution < -0.4 is 5.32 Å². The minimum Gasteiger partial charge on any atom is -0.614 e. The zero-order chi connectivity index (χ0) is 22.2. The van der Waals surface area contributed by atoms with Crippen molar-refractivity contribution >= 4 is 47.1 Å². The van der Waals surface area contributed by atoms with E-state index in [1.54, 1.807) is 30.3 Å². The van der Waals surface area contributed by atoms with Gasteiger partial charge in [0.1, 0.15) is 0 Å². The standard InChI is InChI=1S/C17H19BN2O8S2/c1-9-14(28-30(2,25)26)13(17(23)27-18)20-15(22)12(16(20)29(9)24)19-11(21)8-10-6-4-3-5-7-10/h3-7,9,12,16H,8,18H2,1-2H3,(H,19,21)/t9-,12+,16+,29-/m0/s1. The third-order valence-corrected chi connectivity index (χ3v) is 6.97. The van der Waals surface area contributed by atoms with E-state index in [4.69, 9.17) is 4.18 Å². The van der Waals surface area contributed by atoms with Gasteiger partial charge in [0.2, 0.25) is 17.0 Å². The van der Waals surface area contributed by atoms with E-state index in [0.717, 1.165) is 24.8 Å². The summed E-state index contributed by atoms with van der Waals surface area (Å²) in [5.74, 6) is -2.60. The van der Waals surface area contributed by atoms with Crippen molar-refractivity contribution in [1.29, 1.82) is 0 Å². The van der Waals surface area contributed by atoms with Gasteiger partial charge in [-0.1, -0.05) is 30.3 Å². The maximum absolute atomic E-state index is 12.9. The van der Waals surface area contributed by atoms with Gasteiger partial charge in [0.05, 0.1) is 12.7 Å². The lowest BCUT2D eigenvalue weighted by atomic mass is 10.0. The predicted molar refractivity (Wildman–Crippen MR) is 108 cm³/mol. The maximum atomic E-state index is 12.9. The number of benzene rings is 1. The van der Waals surface area contributed by atoms with Crippen molar-refractivity contribution in [2.75, 3.05) is 6.26 Å². The first-order valence-corrected chi connectivity index (χ1v) is 11.9. The van der Waals surface area contributed by atoms with Crippen LogP contribution in [0.15, 0.2) is 41.8 Å². The van der Waals surface area contributed by atoms with Crippen molar-refractivity contribution in [3.05, 3.63) is 47.4 Å². The summed E-state index contributed by atoms with van der Waals surface area (Å²) >= 11 is -1.86. The van der Waals surface area contributed by atoms with Crippen molar-refractivity contribution < 1.29 is 36.2 Å². The molecular formula is C17H19BN2O8S2. The fourth-order valence-electron chi connectivity index (χ4n) is 3.27. The topological polar surface area (TPSA) is 142 Å². The number of rotatable bonds is 6. The molecule has 13 heteroatoms. The second kappa shape index (κ2) is 8.32. The molecule has 10 nitrogen and oxygen atoms in total. The van der Waals surface area contributed by atoms with E-state index < -0.39 is 67.2 Å². The van der Waals surface area contributed by atoms with Crippen LogP contribution in [0.3, 0.4) is 0 Å². The van der Waals surface area contributed by atoms with Crippen molar-refractivity contribution in [3.8, 4) is 0 Å². The number of hydrogen-bond acceptors (Lipinski definition) is 8. The Morgan fingerprint density at radius 3 is 2.50 bits per heavy atom. The molecule has 3 rings (SSSR count). The summed E-state index contributed by atoms with van der Waals surface area (Å²) in [4.78, 5) is 38.2. The molecule has 1 aromatic rings. The smallest absolute Gasteiger partial charge is 0.341 e. The normalized spacial score (nSPS) is 25.8. The van der Waals surface area contributed by atoms with Gasteiger partial charge in [-0.15, -0.1) is 0 Å². The zero-order valence-electron chi connectivity index (χ0n) is 16.4. The first-order chi connectivity index (χ1) is 14.0. The lowest BCUT2D eigenvalue weighted by molar-refractivity contribution is -0.150. The fraction of sp³-hybridized carbons (Fsp3) is 0.353. The highest BCUT2D eigenvalue weighted by atomic mass is 32.2. The highest BCUT2D eigenvalue weighted by Gasteiger charge is 2.64. The Morgan fingerprint density at radius 2 is 1.93 bits per heavy atom. The van der Waals surface area contributed by atoms with Crippen LogP contribution in [0, 0.1) is 0 Å². The average molecular weight is 454 g/mol. The molecule has 30 heavy (non-hydrogen) atoms. The summed E-state index contributed by atoms with van der Waals surface area (Å²) in [5.41, 5.74) is 0.300. The van der Waals surface area contributed by atoms with Crippen molar-refractivity contribution in [3.63, 3.8) is 0 Å². The molecule has 1 N–H and O–H groups in total. The van der Waals surface area contributed by atoms with Crippen LogP contribution in [0.4, 0.5) is 0 Å². The van der Waals surface area contributed by atoms with Crippen LogP contribution in [0.2, 0.25) is 0 Å². The molecule has 0 unspecified atom stereocenters. The Hall–Kier alpha value is -2.51. The number of fused-ring (bicyclic) bond motifs is 1. The first-order valence-electron chi connectivity index (χ1n) is 8.83. The Bertz CT molecular complexity index is 1010. The Balaban J connectivity index is 1.87. The molecule has 2 aliphatic rings. The minimum atomic E-state index is -4.06. The molecule has 0 aliphatic carbocycles. The third kappa shape index (κ3) is 4.18. The van der Waals surface area contributed by atoms with E-state index in [2.05, 4.69) is 9.97 Å². The molecule has 1 aromatic carbocycles. The van der Waals surface area contributed by atoms with Crippen LogP contribution >= 0.6 is 0 Å². The predicted octanol–water partition coefficient (Wildman–Crippen LogP) is -1.69. The number of carbonyl (C=O) groups is 3. The summed E-state index contributed by atoms with van der Waals surface area (Å²) in [6.07, 6.45) is 0.781. The van der Waals surface area contributed by atoms with E-state index in [9.17, 15) is 27.4 Å². The van der Waals surface area contributed by atoms with Gasteiger partial charge in [0.25, 0.3) is 5.91 Å². The van der Waals surface area contributed by atoms with E-state index in [0.29, 0.717) is 0 Å². The summed E-state index contributed by atoms with van der Waals surface area (Å²) in [6.45, 7) is 1.41. The van der Waals surface area contributed by atoms with Gasteiger partial charge >= 0.3 is 24.1 Å². The van der Waals surface area contributed by atoms with Gasteiger partial charge in [-0.05, 0) is 23.7 Å². The number of nitrogens with zero attached hydrogens (tertiary/aromatic N) is 1. The van der Waals surface area contributed by atoms with Gasteiger partial charge in [0.15, 0.2) is 17.0 Å². The van der Waals surface area contributed by atoms with Gasteiger partial charge in [-0.2, -0.15) is 8.42 Å². The number of hydrogen-bond donors (Lipinski definition) is 1. The quantitative estimate of drug-likeness (QED) is 0.232. The van der Waals surface area contributed by atoms with E-state index >= 15 is 0 Å². The molecule has 0 radical (unpaired) electrons. The highest BCUT2D eigenvalue weighted by molar-refractivity contribution is 7.93. The molecule has 4 atom stereocenters. The lowest BCUT2D eigenvalue weighted by Crippen LogP contribution is -2.75. The molecule has 0 bridgehead atoms. The molecule has 0 saturated carbocycles. The Morgan fingerprint density at radius 1 is 1.30 bits per heavy atom. The average Bonchev–Trinajstić information content (AvgIpc) is 2.69. The van der Waals surface area contributed by atoms with Gasteiger partial charge < -0.3 is 18.7 Å². The maximum Gasteiger partial charge on any atom is 0.341 e. The van der Waals surface area contributed by atoms with E-state index in [1.165, 1.54) is 6.92 Å². The molecular weight excluding hydrogens is 435 g/mol. The van der Waals surface area contributed by atoms with Crippen LogP contribution in [0.5, 0.6) is 0 Å². The molecule has 2 aliphatic heterocycles. The number of β-lactam (4-membered cyclic amide) rings is 1. The molecule has 1 fully saturated rings. The fourth-order valence-corrected chi connectivity index (χ4v) is 5.54. The highest BCUT2D eigenvalue weighted by Crippen LogP contribution is 2.41. The molecule has 1 saturated heterocycles. The molecule has 160 valence electrons. The van der Waals surface area contributed by atoms with Gasteiger partial charge in [0, 0.05) is 0 Å². The van der Waals surface area contributed by atoms with Crippen molar-refractivity contribution in [2.24, 2.45) is 0 Å².